The molecule has 1 aromatic heterocycles. The zero-order chi connectivity index (χ0) is 14.7. The van der Waals surface area contributed by atoms with Crippen molar-refractivity contribution >= 4 is 16.8 Å². The maximum Gasteiger partial charge on any atom is 0.261 e. The van der Waals surface area contributed by atoms with Gasteiger partial charge in [-0.25, -0.2) is 4.98 Å². The number of aryl methyl sites for hydroxylation is 1. The van der Waals surface area contributed by atoms with Crippen LogP contribution < -0.4 is 5.56 Å². The number of likely N-dealkylation sites (N-methyl/N-ethyl adjacent to an activating group) is 1. The van der Waals surface area contributed by atoms with Crippen LogP contribution in [0.15, 0.2) is 29.3 Å². The van der Waals surface area contributed by atoms with E-state index >= 15 is 0 Å². The van der Waals surface area contributed by atoms with E-state index in [9.17, 15) is 9.59 Å². The fraction of sp³-hybridized carbons (Fsp3) is 0.357. The van der Waals surface area contributed by atoms with Gasteiger partial charge in [-0.2, -0.15) is 0 Å². The van der Waals surface area contributed by atoms with Gasteiger partial charge in [0, 0.05) is 13.6 Å². The molecule has 0 aliphatic carbocycles. The summed E-state index contributed by atoms with van der Waals surface area (Å²) in [6.07, 6.45) is 1.39. The first kappa shape index (κ1) is 14.2. The van der Waals surface area contributed by atoms with E-state index in [-0.39, 0.29) is 31.2 Å². The van der Waals surface area contributed by atoms with Crippen LogP contribution in [0.2, 0.25) is 0 Å². The molecule has 0 fully saturated rings. The third-order valence-corrected chi connectivity index (χ3v) is 3.22. The lowest BCUT2D eigenvalue weighted by molar-refractivity contribution is -0.131. The molecular weight excluding hydrogens is 258 g/mol. The van der Waals surface area contributed by atoms with Gasteiger partial charge in [-0.3, -0.25) is 14.2 Å². The number of aliphatic hydroxyl groups excluding tert-OH is 1. The molecule has 2 rings (SSSR count). The number of fused-ring (bicyclic) bond motifs is 1. The number of hydrogen-bond donors (Lipinski definition) is 1. The van der Waals surface area contributed by atoms with Crippen LogP contribution in [-0.2, 0) is 11.3 Å². The van der Waals surface area contributed by atoms with Gasteiger partial charge in [-0.15, -0.1) is 0 Å². The smallest absolute Gasteiger partial charge is 0.261 e. The highest BCUT2D eigenvalue weighted by Gasteiger charge is 2.12. The van der Waals surface area contributed by atoms with Gasteiger partial charge in [0.15, 0.2) is 0 Å². The Balaban J connectivity index is 2.35. The first-order valence-electron chi connectivity index (χ1n) is 6.34. The van der Waals surface area contributed by atoms with E-state index in [1.165, 1.54) is 15.8 Å². The highest BCUT2D eigenvalue weighted by atomic mass is 16.3. The van der Waals surface area contributed by atoms with E-state index < -0.39 is 0 Å². The van der Waals surface area contributed by atoms with Crippen molar-refractivity contribution in [2.24, 2.45) is 0 Å². The van der Waals surface area contributed by atoms with E-state index in [0.717, 1.165) is 5.56 Å². The number of amides is 1. The molecule has 1 N–H and O–H groups in total. The molecule has 1 heterocycles. The van der Waals surface area contributed by atoms with Crippen LogP contribution in [0.5, 0.6) is 0 Å². The Bertz CT molecular complexity index is 694. The Morgan fingerprint density at radius 1 is 1.45 bits per heavy atom. The summed E-state index contributed by atoms with van der Waals surface area (Å²) in [5.74, 6) is -0.241. The van der Waals surface area contributed by atoms with Crippen molar-refractivity contribution in [2.75, 3.05) is 20.2 Å². The van der Waals surface area contributed by atoms with Gasteiger partial charge in [0.25, 0.3) is 5.56 Å². The Morgan fingerprint density at radius 3 is 2.90 bits per heavy atom. The van der Waals surface area contributed by atoms with Crippen LogP contribution >= 0.6 is 0 Å². The molecule has 1 amide bonds. The number of hydrogen-bond acceptors (Lipinski definition) is 4. The molecule has 0 radical (unpaired) electrons. The van der Waals surface area contributed by atoms with Crippen LogP contribution in [-0.4, -0.2) is 45.7 Å². The topological polar surface area (TPSA) is 75.4 Å². The summed E-state index contributed by atoms with van der Waals surface area (Å²) in [6, 6.07) is 5.39. The van der Waals surface area contributed by atoms with Gasteiger partial charge in [0.1, 0.15) is 6.54 Å². The molecule has 106 valence electrons. The molecular formula is C14H17N3O3. The summed E-state index contributed by atoms with van der Waals surface area (Å²) < 4.78 is 1.29. The first-order chi connectivity index (χ1) is 9.54. The number of benzene rings is 1. The van der Waals surface area contributed by atoms with Crippen molar-refractivity contribution in [1.29, 1.82) is 0 Å². The van der Waals surface area contributed by atoms with Gasteiger partial charge < -0.3 is 10.0 Å². The zero-order valence-electron chi connectivity index (χ0n) is 11.5. The predicted molar refractivity (Wildman–Crippen MR) is 75.5 cm³/mol. The lowest BCUT2D eigenvalue weighted by Gasteiger charge is -2.16. The molecule has 2 aromatic rings. The normalized spacial score (nSPS) is 10.8. The lowest BCUT2D eigenvalue weighted by atomic mass is 10.1. The minimum atomic E-state index is -0.241. The zero-order valence-corrected chi connectivity index (χ0v) is 11.5. The van der Waals surface area contributed by atoms with Crippen molar-refractivity contribution < 1.29 is 9.90 Å². The maximum absolute atomic E-state index is 12.3. The molecule has 20 heavy (non-hydrogen) atoms. The predicted octanol–water partition coefficient (Wildman–Crippen LogP) is 0.156. The molecule has 6 heteroatoms. The highest BCUT2D eigenvalue weighted by Crippen LogP contribution is 2.11. The average molecular weight is 275 g/mol. The second-order valence-electron chi connectivity index (χ2n) is 4.69. The number of carbonyl (C=O) groups excluding carboxylic acids is 1. The quantitative estimate of drug-likeness (QED) is 0.862. The SMILES string of the molecule is Cc1cccc2c(=O)n(CC(=O)N(C)CCO)cnc12. The summed E-state index contributed by atoms with van der Waals surface area (Å²) in [7, 11) is 1.59. The summed E-state index contributed by atoms with van der Waals surface area (Å²) in [6.45, 7) is 1.95. The lowest BCUT2D eigenvalue weighted by Crippen LogP contribution is -2.35. The summed E-state index contributed by atoms with van der Waals surface area (Å²) in [4.78, 5) is 29.8. The molecule has 0 aliphatic heterocycles. The molecule has 0 saturated carbocycles. The van der Waals surface area contributed by atoms with E-state index in [4.69, 9.17) is 5.11 Å². The van der Waals surface area contributed by atoms with Gasteiger partial charge >= 0.3 is 0 Å². The molecule has 0 spiro atoms. The highest BCUT2D eigenvalue weighted by molar-refractivity contribution is 5.81. The second-order valence-corrected chi connectivity index (χ2v) is 4.69. The van der Waals surface area contributed by atoms with Crippen LogP contribution in [0, 0.1) is 6.92 Å². The van der Waals surface area contributed by atoms with Gasteiger partial charge in [0.05, 0.1) is 23.8 Å². The molecule has 6 nitrogen and oxygen atoms in total. The van der Waals surface area contributed by atoms with Crippen molar-refractivity contribution in [3.63, 3.8) is 0 Å². The van der Waals surface area contributed by atoms with Crippen molar-refractivity contribution in [3.8, 4) is 0 Å². The van der Waals surface area contributed by atoms with Crippen LogP contribution in [0.3, 0.4) is 0 Å². The second kappa shape index (κ2) is 5.83. The monoisotopic (exact) mass is 275 g/mol. The maximum atomic E-state index is 12.3. The van der Waals surface area contributed by atoms with E-state index in [0.29, 0.717) is 10.9 Å². The van der Waals surface area contributed by atoms with Crippen LogP contribution in [0.25, 0.3) is 10.9 Å². The number of carbonyl (C=O) groups is 1. The van der Waals surface area contributed by atoms with Crippen molar-refractivity contribution in [3.05, 3.63) is 40.4 Å². The largest absolute Gasteiger partial charge is 0.395 e. The number of aromatic nitrogens is 2. The summed E-state index contributed by atoms with van der Waals surface area (Å²) in [5, 5.41) is 9.31. The molecule has 0 bridgehead atoms. The van der Waals surface area contributed by atoms with Gasteiger partial charge in [0.2, 0.25) is 5.91 Å². The van der Waals surface area contributed by atoms with E-state index in [1.807, 2.05) is 13.0 Å². The number of rotatable bonds is 4. The standard InChI is InChI=1S/C14H17N3O3/c1-10-4-3-5-11-13(10)15-9-17(14(11)20)8-12(19)16(2)6-7-18/h3-5,9,18H,6-8H2,1-2H3. The van der Waals surface area contributed by atoms with Gasteiger partial charge in [-0.05, 0) is 18.6 Å². The third kappa shape index (κ3) is 2.70. The number of para-hydroxylation sites is 1. The third-order valence-electron chi connectivity index (χ3n) is 3.22. The van der Waals surface area contributed by atoms with Gasteiger partial charge in [-0.1, -0.05) is 12.1 Å². The molecule has 0 atom stereocenters. The molecule has 1 aromatic carbocycles. The minimum Gasteiger partial charge on any atom is -0.395 e. The fourth-order valence-electron chi connectivity index (χ4n) is 1.99. The van der Waals surface area contributed by atoms with Crippen LogP contribution in [0.4, 0.5) is 0 Å². The first-order valence-corrected chi connectivity index (χ1v) is 6.34. The minimum absolute atomic E-state index is 0.0772. The van der Waals surface area contributed by atoms with Crippen molar-refractivity contribution in [2.45, 2.75) is 13.5 Å². The molecule has 0 aliphatic rings. The van der Waals surface area contributed by atoms with Crippen molar-refractivity contribution in [1.82, 2.24) is 14.5 Å². The molecule has 0 saturated heterocycles. The Hall–Kier alpha value is -2.21. The van der Waals surface area contributed by atoms with E-state index in [2.05, 4.69) is 4.98 Å². The van der Waals surface area contributed by atoms with Crippen LogP contribution in [0.1, 0.15) is 5.56 Å². The Kier molecular flexibility index (Phi) is 4.14. The van der Waals surface area contributed by atoms with E-state index in [1.54, 1.807) is 19.2 Å². The number of aliphatic hydroxyl groups is 1. The fourth-order valence-corrected chi connectivity index (χ4v) is 1.99. The Labute approximate surface area is 116 Å². The number of nitrogens with zero attached hydrogens (tertiary/aromatic N) is 3. The molecule has 0 unspecified atom stereocenters. The summed E-state index contributed by atoms with van der Waals surface area (Å²) in [5.41, 5.74) is 1.35. The Morgan fingerprint density at radius 2 is 2.20 bits per heavy atom. The average Bonchev–Trinajstić information content (AvgIpc) is 2.43. The summed E-state index contributed by atoms with van der Waals surface area (Å²) >= 11 is 0.